The first-order valence-electron chi connectivity index (χ1n) is 3.93. The summed E-state index contributed by atoms with van der Waals surface area (Å²) in [5.41, 5.74) is 5.45. The smallest absolute Gasteiger partial charge is 0.310 e. The summed E-state index contributed by atoms with van der Waals surface area (Å²) in [6, 6.07) is -0.624. The molecule has 0 rings (SSSR count). The van der Waals surface area contributed by atoms with Gasteiger partial charge in [0.25, 0.3) is 0 Å². The second-order valence-corrected chi connectivity index (χ2v) is 3.27. The van der Waals surface area contributed by atoms with Gasteiger partial charge in [0.1, 0.15) is 6.42 Å². The number of carboxylic acids is 1. The Morgan fingerprint density at radius 2 is 1.92 bits per heavy atom. The van der Waals surface area contributed by atoms with Gasteiger partial charge in [-0.3, -0.25) is 9.59 Å². The van der Waals surface area contributed by atoms with E-state index in [1.54, 1.807) is 0 Å². The molecule has 0 saturated carbocycles. The summed E-state index contributed by atoms with van der Waals surface area (Å²) in [5, 5.41) is 8.29. The SMILES string of the molecule is CC(C)CC(N)C(=O)CC(=O)O. The van der Waals surface area contributed by atoms with Crippen LogP contribution in [0.1, 0.15) is 26.7 Å². The lowest BCUT2D eigenvalue weighted by Gasteiger charge is -2.10. The topological polar surface area (TPSA) is 80.4 Å². The number of carbonyl (C=O) groups excluding carboxylic acids is 1. The Morgan fingerprint density at radius 3 is 2.25 bits per heavy atom. The fourth-order valence-corrected chi connectivity index (χ4v) is 0.919. The first-order chi connectivity index (χ1) is 5.43. The van der Waals surface area contributed by atoms with E-state index in [4.69, 9.17) is 10.8 Å². The summed E-state index contributed by atoms with van der Waals surface area (Å²) >= 11 is 0. The van der Waals surface area contributed by atoms with Gasteiger partial charge >= 0.3 is 5.97 Å². The van der Waals surface area contributed by atoms with Crippen molar-refractivity contribution in [2.45, 2.75) is 32.7 Å². The van der Waals surface area contributed by atoms with Crippen LogP contribution >= 0.6 is 0 Å². The average Bonchev–Trinajstić information content (AvgIpc) is 1.84. The minimum Gasteiger partial charge on any atom is -0.481 e. The van der Waals surface area contributed by atoms with Gasteiger partial charge in [-0.15, -0.1) is 0 Å². The Labute approximate surface area is 71.8 Å². The molecule has 0 radical (unpaired) electrons. The molecule has 1 unspecified atom stereocenters. The van der Waals surface area contributed by atoms with E-state index in [0.717, 1.165) is 0 Å². The van der Waals surface area contributed by atoms with E-state index in [0.29, 0.717) is 12.3 Å². The van der Waals surface area contributed by atoms with Gasteiger partial charge in [-0.1, -0.05) is 13.8 Å². The highest BCUT2D eigenvalue weighted by atomic mass is 16.4. The van der Waals surface area contributed by atoms with Crippen molar-refractivity contribution >= 4 is 11.8 Å². The molecule has 0 spiro atoms. The van der Waals surface area contributed by atoms with Crippen LogP contribution in [-0.4, -0.2) is 22.9 Å². The molecule has 4 nitrogen and oxygen atoms in total. The molecule has 0 aromatic carbocycles. The van der Waals surface area contributed by atoms with Crippen LogP contribution in [0.2, 0.25) is 0 Å². The molecule has 0 aromatic rings. The second-order valence-electron chi connectivity index (χ2n) is 3.27. The third-order valence-electron chi connectivity index (χ3n) is 1.46. The Bertz CT molecular complexity index is 177. The quantitative estimate of drug-likeness (QED) is 0.590. The van der Waals surface area contributed by atoms with Crippen molar-refractivity contribution in [2.75, 3.05) is 0 Å². The Hall–Kier alpha value is -0.900. The molecule has 0 saturated heterocycles. The number of rotatable bonds is 5. The number of carboxylic acid groups (broad SMARTS) is 1. The molecule has 0 bridgehead atoms. The van der Waals surface area contributed by atoms with Gasteiger partial charge in [0.2, 0.25) is 0 Å². The van der Waals surface area contributed by atoms with Crippen LogP contribution in [-0.2, 0) is 9.59 Å². The van der Waals surface area contributed by atoms with Crippen LogP contribution < -0.4 is 5.73 Å². The molecular weight excluding hydrogens is 158 g/mol. The molecule has 0 aliphatic carbocycles. The van der Waals surface area contributed by atoms with Crippen molar-refractivity contribution in [3.8, 4) is 0 Å². The van der Waals surface area contributed by atoms with E-state index in [9.17, 15) is 9.59 Å². The fourth-order valence-electron chi connectivity index (χ4n) is 0.919. The predicted molar refractivity (Wildman–Crippen MR) is 44.7 cm³/mol. The molecule has 0 aliphatic rings. The third kappa shape index (κ3) is 4.85. The van der Waals surface area contributed by atoms with Crippen molar-refractivity contribution < 1.29 is 14.7 Å². The molecule has 0 amide bonds. The molecule has 12 heavy (non-hydrogen) atoms. The maximum absolute atomic E-state index is 11.0. The second kappa shape index (κ2) is 4.87. The number of nitrogens with two attached hydrogens (primary N) is 1. The van der Waals surface area contributed by atoms with Gasteiger partial charge in [-0.2, -0.15) is 0 Å². The molecular formula is C8H15NO3. The molecule has 0 heterocycles. The van der Waals surface area contributed by atoms with Gasteiger partial charge in [0, 0.05) is 0 Å². The van der Waals surface area contributed by atoms with Gasteiger partial charge in [-0.05, 0) is 12.3 Å². The van der Waals surface area contributed by atoms with Crippen molar-refractivity contribution in [1.82, 2.24) is 0 Å². The summed E-state index contributed by atoms with van der Waals surface area (Å²) in [7, 11) is 0. The van der Waals surface area contributed by atoms with E-state index in [1.165, 1.54) is 0 Å². The maximum Gasteiger partial charge on any atom is 0.310 e. The van der Waals surface area contributed by atoms with Gasteiger partial charge in [-0.25, -0.2) is 0 Å². The van der Waals surface area contributed by atoms with Crippen LogP contribution in [0, 0.1) is 5.92 Å². The first-order valence-corrected chi connectivity index (χ1v) is 3.93. The standard InChI is InChI=1S/C8H15NO3/c1-5(2)3-6(9)7(10)4-8(11)12/h5-6H,3-4,9H2,1-2H3,(H,11,12). The third-order valence-corrected chi connectivity index (χ3v) is 1.46. The zero-order chi connectivity index (χ0) is 9.72. The van der Waals surface area contributed by atoms with E-state index < -0.39 is 24.2 Å². The molecule has 3 N–H and O–H groups in total. The number of ketones is 1. The van der Waals surface area contributed by atoms with Gasteiger partial charge in [0.15, 0.2) is 5.78 Å². The lowest BCUT2D eigenvalue weighted by Crippen LogP contribution is -2.33. The van der Waals surface area contributed by atoms with E-state index in [-0.39, 0.29) is 0 Å². The van der Waals surface area contributed by atoms with Crippen LogP contribution in [0.5, 0.6) is 0 Å². The Balaban J connectivity index is 3.85. The predicted octanol–water partition coefficient (Wildman–Crippen LogP) is 0.404. The Morgan fingerprint density at radius 1 is 1.42 bits per heavy atom. The van der Waals surface area contributed by atoms with Crippen molar-refractivity contribution in [3.05, 3.63) is 0 Å². The molecule has 1 atom stereocenters. The normalized spacial score (nSPS) is 13.0. The molecule has 4 heteroatoms. The van der Waals surface area contributed by atoms with E-state index >= 15 is 0 Å². The maximum atomic E-state index is 11.0. The first kappa shape index (κ1) is 11.1. The summed E-state index contributed by atoms with van der Waals surface area (Å²) in [4.78, 5) is 21.1. The van der Waals surface area contributed by atoms with Crippen LogP contribution in [0.4, 0.5) is 0 Å². The summed E-state index contributed by atoms with van der Waals surface area (Å²) in [6.45, 7) is 3.88. The highest BCUT2D eigenvalue weighted by Gasteiger charge is 2.17. The monoisotopic (exact) mass is 173 g/mol. The summed E-state index contributed by atoms with van der Waals surface area (Å²) in [5.74, 6) is -1.19. The molecule has 70 valence electrons. The van der Waals surface area contributed by atoms with Crippen molar-refractivity contribution in [3.63, 3.8) is 0 Å². The zero-order valence-corrected chi connectivity index (χ0v) is 7.41. The highest BCUT2D eigenvalue weighted by molar-refractivity contribution is 5.97. The largest absolute Gasteiger partial charge is 0.481 e. The molecule has 0 aromatic heterocycles. The van der Waals surface area contributed by atoms with E-state index in [2.05, 4.69) is 0 Å². The number of aliphatic carboxylic acids is 1. The minimum atomic E-state index is -1.11. The van der Waals surface area contributed by atoms with Crippen molar-refractivity contribution in [2.24, 2.45) is 11.7 Å². The fraction of sp³-hybridized carbons (Fsp3) is 0.750. The van der Waals surface area contributed by atoms with Crippen LogP contribution in [0.25, 0.3) is 0 Å². The minimum absolute atomic E-state index is 0.317. The Kier molecular flexibility index (Phi) is 4.51. The highest BCUT2D eigenvalue weighted by Crippen LogP contribution is 2.04. The number of hydrogen-bond acceptors (Lipinski definition) is 3. The van der Waals surface area contributed by atoms with E-state index in [1.807, 2.05) is 13.8 Å². The molecule has 0 aliphatic heterocycles. The average molecular weight is 173 g/mol. The van der Waals surface area contributed by atoms with Crippen LogP contribution in [0.15, 0.2) is 0 Å². The van der Waals surface area contributed by atoms with Crippen LogP contribution in [0.3, 0.4) is 0 Å². The zero-order valence-electron chi connectivity index (χ0n) is 7.41. The van der Waals surface area contributed by atoms with Gasteiger partial charge in [0.05, 0.1) is 6.04 Å². The number of carbonyl (C=O) groups is 2. The number of hydrogen-bond donors (Lipinski definition) is 2. The summed E-state index contributed by atoms with van der Waals surface area (Å²) in [6.07, 6.45) is 0.0833. The molecule has 0 fully saturated rings. The summed E-state index contributed by atoms with van der Waals surface area (Å²) < 4.78 is 0. The lowest BCUT2D eigenvalue weighted by atomic mass is 10.00. The number of Topliss-reactive ketones (excluding diaryl/α,β-unsaturated/α-hetero) is 1. The van der Waals surface area contributed by atoms with Gasteiger partial charge < -0.3 is 10.8 Å². The van der Waals surface area contributed by atoms with Crippen molar-refractivity contribution in [1.29, 1.82) is 0 Å². The lowest BCUT2D eigenvalue weighted by molar-refractivity contribution is -0.140.